The van der Waals surface area contributed by atoms with Crippen molar-refractivity contribution in [3.8, 4) is 11.1 Å². The SMILES string of the molecule is CN=Cc1c(-c2ccc(CN3Cc4ncccc4C3=O)c(C)c2)ccc(C(C)(C)O)c1N. The van der Waals surface area contributed by atoms with Crippen LogP contribution in [0, 0.1) is 6.92 Å². The van der Waals surface area contributed by atoms with Crippen LogP contribution in [0.25, 0.3) is 11.1 Å². The Balaban J connectivity index is 1.66. The van der Waals surface area contributed by atoms with E-state index in [1.54, 1.807) is 39.4 Å². The highest BCUT2D eigenvalue weighted by Crippen LogP contribution is 2.35. The molecule has 1 amide bonds. The zero-order valence-electron chi connectivity index (χ0n) is 18.9. The molecular weight excluding hydrogens is 400 g/mol. The minimum Gasteiger partial charge on any atom is -0.398 e. The van der Waals surface area contributed by atoms with Crippen molar-refractivity contribution in [1.29, 1.82) is 0 Å². The number of benzene rings is 2. The summed E-state index contributed by atoms with van der Waals surface area (Å²) >= 11 is 0. The number of pyridine rings is 1. The van der Waals surface area contributed by atoms with Crippen LogP contribution >= 0.6 is 0 Å². The maximum atomic E-state index is 12.7. The van der Waals surface area contributed by atoms with E-state index in [-0.39, 0.29) is 5.91 Å². The van der Waals surface area contributed by atoms with Crippen LogP contribution in [0.5, 0.6) is 0 Å². The first kappa shape index (κ1) is 21.7. The summed E-state index contributed by atoms with van der Waals surface area (Å²) in [5.74, 6) is 0.0213. The monoisotopic (exact) mass is 428 g/mol. The van der Waals surface area contributed by atoms with Crippen LogP contribution in [-0.2, 0) is 18.7 Å². The van der Waals surface area contributed by atoms with Gasteiger partial charge in [-0.1, -0.05) is 30.3 Å². The van der Waals surface area contributed by atoms with Crippen molar-refractivity contribution >= 4 is 17.8 Å². The summed E-state index contributed by atoms with van der Waals surface area (Å²) in [4.78, 5) is 23.0. The summed E-state index contributed by atoms with van der Waals surface area (Å²) in [5, 5.41) is 10.5. The summed E-state index contributed by atoms with van der Waals surface area (Å²) in [6.45, 7) is 6.55. The highest BCUT2D eigenvalue weighted by molar-refractivity contribution is 5.98. The van der Waals surface area contributed by atoms with Crippen LogP contribution in [-0.4, -0.2) is 34.2 Å². The summed E-state index contributed by atoms with van der Waals surface area (Å²) in [6, 6.07) is 13.7. The van der Waals surface area contributed by atoms with Gasteiger partial charge in [0.25, 0.3) is 5.91 Å². The van der Waals surface area contributed by atoms with E-state index in [0.29, 0.717) is 29.9 Å². The minimum absolute atomic E-state index is 0.0213. The number of hydrogen-bond donors (Lipinski definition) is 2. The zero-order chi connectivity index (χ0) is 23.0. The number of carbonyl (C=O) groups is 1. The van der Waals surface area contributed by atoms with E-state index in [9.17, 15) is 9.90 Å². The molecule has 1 aliphatic heterocycles. The van der Waals surface area contributed by atoms with Gasteiger partial charge >= 0.3 is 0 Å². The number of aryl methyl sites for hydroxylation is 1. The first-order chi connectivity index (χ1) is 15.2. The van der Waals surface area contributed by atoms with Crippen LogP contribution in [0.2, 0.25) is 0 Å². The number of nitrogens with zero attached hydrogens (tertiary/aromatic N) is 3. The molecule has 0 aliphatic carbocycles. The Labute approximate surface area is 188 Å². The first-order valence-electron chi connectivity index (χ1n) is 10.6. The van der Waals surface area contributed by atoms with Crippen molar-refractivity contribution in [3.05, 3.63) is 82.2 Å². The van der Waals surface area contributed by atoms with Crippen molar-refractivity contribution in [1.82, 2.24) is 9.88 Å². The highest BCUT2D eigenvalue weighted by Gasteiger charge is 2.28. The Bertz CT molecular complexity index is 1220. The molecule has 3 N–H and O–H groups in total. The number of amides is 1. The second-order valence-corrected chi connectivity index (χ2v) is 8.73. The van der Waals surface area contributed by atoms with Crippen molar-refractivity contribution in [2.45, 2.75) is 39.5 Å². The van der Waals surface area contributed by atoms with E-state index in [2.05, 4.69) is 22.1 Å². The minimum atomic E-state index is -1.05. The summed E-state index contributed by atoms with van der Waals surface area (Å²) in [6.07, 6.45) is 3.46. The van der Waals surface area contributed by atoms with Gasteiger partial charge < -0.3 is 15.7 Å². The maximum absolute atomic E-state index is 12.7. The quantitative estimate of drug-likeness (QED) is 0.473. The van der Waals surface area contributed by atoms with Crippen molar-refractivity contribution in [3.63, 3.8) is 0 Å². The average molecular weight is 429 g/mol. The Hall–Kier alpha value is -3.51. The average Bonchev–Trinajstić information content (AvgIpc) is 3.06. The molecule has 0 fully saturated rings. The third kappa shape index (κ3) is 3.89. The van der Waals surface area contributed by atoms with Gasteiger partial charge in [-0.2, -0.15) is 0 Å². The van der Waals surface area contributed by atoms with Gasteiger partial charge in [-0.25, -0.2) is 0 Å². The molecule has 3 aromatic rings. The fraction of sp³-hybridized carbons (Fsp3) is 0.269. The smallest absolute Gasteiger partial charge is 0.256 e. The van der Waals surface area contributed by atoms with Gasteiger partial charge in [0.05, 0.1) is 23.4 Å². The summed E-state index contributed by atoms with van der Waals surface area (Å²) < 4.78 is 0. The molecule has 32 heavy (non-hydrogen) atoms. The molecule has 6 heteroatoms. The van der Waals surface area contributed by atoms with Gasteiger partial charge in [0.2, 0.25) is 0 Å². The largest absolute Gasteiger partial charge is 0.398 e. The molecular formula is C26H28N4O2. The van der Waals surface area contributed by atoms with Gasteiger partial charge in [0.15, 0.2) is 0 Å². The Morgan fingerprint density at radius 3 is 2.66 bits per heavy atom. The number of rotatable bonds is 5. The normalized spacial score (nSPS) is 13.8. The van der Waals surface area contributed by atoms with Crippen molar-refractivity contribution < 1.29 is 9.90 Å². The van der Waals surface area contributed by atoms with Gasteiger partial charge in [0, 0.05) is 42.8 Å². The molecule has 1 aromatic heterocycles. The molecule has 0 saturated heterocycles. The molecule has 1 aliphatic rings. The van der Waals surface area contributed by atoms with Crippen molar-refractivity contribution in [2.24, 2.45) is 4.99 Å². The Morgan fingerprint density at radius 2 is 2.00 bits per heavy atom. The van der Waals surface area contributed by atoms with E-state index < -0.39 is 5.60 Å². The number of nitrogen functional groups attached to an aromatic ring is 1. The second kappa shape index (κ2) is 8.20. The molecule has 2 aromatic carbocycles. The predicted octanol–water partition coefficient (Wildman–Crippen LogP) is 4.07. The van der Waals surface area contributed by atoms with E-state index in [0.717, 1.165) is 33.5 Å². The number of carbonyl (C=O) groups excluding carboxylic acids is 1. The number of nitrogens with two attached hydrogens (primary N) is 1. The first-order valence-corrected chi connectivity index (χ1v) is 10.6. The lowest BCUT2D eigenvalue weighted by molar-refractivity contribution is 0.0764. The van der Waals surface area contributed by atoms with Crippen LogP contribution < -0.4 is 5.73 Å². The topological polar surface area (TPSA) is 91.8 Å². The van der Waals surface area contributed by atoms with Crippen LogP contribution in [0.15, 0.2) is 53.7 Å². The standard InChI is InChI=1S/C26H28N4O2/c1-16-12-17(19-9-10-22(26(2,3)32)24(27)21(19)13-28-4)7-8-18(16)14-30-15-23-20(25(30)31)6-5-11-29-23/h5-13,32H,14-15,27H2,1-4H3. The third-order valence-corrected chi connectivity index (χ3v) is 5.97. The number of hydrogen-bond acceptors (Lipinski definition) is 5. The van der Waals surface area contributed by atoms with Gasteiger partial charge in [0.1, 0.15) is 0 Å². The molecule has 0 radical (unpaired) electrons. The Morgan fingerprint density at radius 1 is 1.22 bits per heavy atom. The summed E-state index contributed by atoms with van der Waals surface area (Å²) in [5.41, 5.74) is 13.0. The molecule has 2 heterocycles. The van der Waals surface area contributed by atoms with Gasteiger partial charge in [-0.05, 0) is 55.2 Å². The molecule has 6 nitrogen and oxygen atoms in total. The van der Waals surface area contributed by atoms with Crippen LogP contribution in [0.1, 0.15) is 52.2 Å². The number of aliphatic imine (C=N–C) groups is 1. The van der Waals surface area contributed by atoms with Crippen LogP contribution in [0.4, 0.5) is 5.69 Å². The molecule has 0 spiro atoms. The number of fused-ring (bicyclic) bond motifs is 1. The molecule has 0 atom stereocenters. The molecule has 164 valence electrons. The number of aliphatic hydroxyl groups is 1. The van der Waals surface area contributed by atoms with Crippen molar-refractivity contribution in [2.75, 3.05) is 12.8 Å². The lowest BCUT2D eigenvalue weighted by Gasteiger charge is -2.23. The number of aromatic nitrogens is 1. The Kier molecular flexibility index (Phi) is 5.57. The highest BCUT2D eigenvalue weighted by atomic mass is 16.3. The van der Waals surface area contributed by atoms with E-state index in [1.165, 1.54) is 0 Å². The molecule has 0 saturated carbocycles. The molecule has 0 bridgehead atoms. The second-order valence-electron chi connectivity index (χ2n) is 8.73. The predicted molar refractivity (Wildman–Crippen MR) is 128 cm³/mol. The lowest BCUT2D eigenvalue weighted by atomic mass is 9.89. The fourth-order valence-corrected chi connectivity index (χ4v) is 4.25. The van der Waals surface area contributed by atoms with E-state index in [4.69, 9.17) is 5.73 Å². The third-order valence-electron chi connectivity index (χ3n) is 5.97. The van der Waals surface area contributed by atoms with Crippen LogP contribution in [0.3, 0.4) is 0 Å². The summed E-state index contributed by atoms with van der Waals surface area (Å²) in [7, 11) is 1.70. The fourth-order valence-electron chi connectivity index (χ4n) is 4.25. The van der Waals surface area contributed by atoms with E-state index in [1.807, 2.05) is 36.1 Å². The zero-order valence-corrected chi connectivity index (χ0v) is 18.9. The van der Waals surface area contributed by atoms with E-state index >= 15 is 0 Å². The van der Waals surface area contributed by atoms with Gasteiger partial charge in [-0.3, -0.25) is 14.8 Å². The maximum Gasteiger partial charge on any atom is 0.256 e. The van der Waals surface area contributed by atoms with Gasteiger partial charge in [-0.15, -0.1) is 0 Å². The molecule has 4 rings (SSSR count). The lowest BCUT2D eigenvalue weighted by Crippen LogP contribution is -2.23. The number of anilines is 1. The molecule has 0 unspecified atom stereocenters.